The summed E-state index contributed by atoms with van der Waals surface area (Å²) in [6.07, 6.45) is 12.6. The van der Waals surface area contributed by atoms with Gasteiger partial charge in [-0.15, -0.1) is 0 Å². The Morgan fingerprint density at radius 1 is 1.09 bits per heavy atom. The van der Waals surface area contributed by atoms with Gasteiger partial charge in [0.25, 0.3) is 0 Å². The van der Waals surface area contributed by atoms with Gasteiger partial charge in [0.2, 0.25) is 0 Å². The summed E-state index contributed by atoms with van der Waals surface area (Å²) in [6.45, 7) is 10.4. The summed E-state index contributed by atoms with van der Waals surface area (Å²) in [5.74, 6) is 1.21. The second-order valence-corrected chi connectivity index (χ2v) is 11.4. The highest BCUT2D eigenvalue weighted by molar-refractivity contribution is 5.92. The minimum absolute atomic E-state index is 0.0105. The molecule has 0 aliphatic heterocycles. The standard InChI is InChI=1S/C28H40O4/c1-6-7-8-9-25(31)32-28(19(3)29)15-12-23-21-16-18(2)24-17-20(30)10-13-26(24,4)22(21)11-14-27(23,28)5/h16-17,21-23H,6-15H2,1-5H3/t21-,22+,23-,26+,27-,28-/m0/s1. The van der Waals surface area contributed by atoms with Crippen LogP contribution in [0.15, 0.2) is 23.3 Å². The van der Waals surface area contributed by atoms with E-state index in [0.29, 0.717) is 37.0 Å². The fraction of sp³-hybridized carbons (Fsp3) is 0.750. The molecule has 4 heteroatoms. The van der Waals surface area contributed by atoms with Gasteiger partial charge in [0.15, 0.2) is 17.2 Å². The van der Waals surface area contributed by atoms with Crippen LogP contribution in [-0.4, -0.2) is 23.1 Å². The molecule has 4 nitrogen and oxygen atoms in total. The fourth-order valence-electron chi connectivity index (χ4n) is 8.00. The zero-order valence-electron chi connectivity index (χ0n) is 20.6. The van der Waals surface area contributed by atoms with Crippen LogP contribution in [0, 0.1) is 28.6 Å². The van der Waals surface area contributed by atoms with Crippen molar-refractivity contribution in [2.45, 2.75) is 104 Å². The number of carbonyl (C=O) groups excluding carboxylic acids is 3. The van der Waals surface area contributed by atoms with Gasteiger partial charge in [0.1, 0.15) is 0 Å². The van der Waals surface area contributed by atoms with Crippen LogP contribution in [0.2, 0.25) is 0 Å². The lowest BCUT2D eigenvalue weighted by molar-refractivity contribution is -0.187. The van der Waals surface area contributed by atoms with E-state index < -0.39 is 5.60 Å². The van der Waals surface area contributed by atoms with E-state index in [2.05, 4.69) is 33.8 Å². The van der Waals surface area contributed by atoms with Crippen LogP contribution in [0.5, 0.6) is 0 Å². The second kappa shape index (κ2) is 8.25. The predicted molar refractivity (Wildman–Crippen MR) is 125 cm³/mol. The number of ketones is 2. The monoisotopic (exact) mass is 440 g/mol. The molecular weight excluding hydrogens is 400 g/mol. The maximum absolute atomic E-state index is 13.1. The van der Waals surface area contributed by atoms with Crippen LogP contribution in [0.4, 0.5) is 0 Å². The number of hydrogen-bond donors (Lipinski definition) is 0. The zero-order valence-corrected chi connectivity index (χ0v) is 20.6. The Labute approximate surface area is 193 Å². The molecule has 4 rings (SSSR count). The first-order valence-corrected chi connectivity index (χ1v) is 12.8. The second-order valence-electron chi connectivity index (χ2n) is 11.4. The van der Waals surface area contributed by atoms with Gasteiger partial charge in [-0.3, -0.25) is 14.4 Å². The van der Waals surface area contributed by atoms with Crippen molar-refractivity contribution in [2.24, 2.45) is 28.6 Å². The Morgan fingerprint density at radius 3 is 2.50 bits per heavy atom. The number of ether oxygens (including phenoxy) is 1. The van der Waals surface area contributed by atoms with Crippen molar-refractivity contribution in [3.05, 3.63) is 23.3 Å². The first-order valence-electron chi connectivity index (χ1n) is 12.8. The number of carbonyl (C=O) groups is 3. The van der Waals surface area contributed by atoms with E-state index in [9.17, 15) is 14.4 Å². The van der Waals surface area contributed by atoms with Crippen molar-refractivity contribution in [3.63, 3.8) is 0 Å². The summed E-state index contributed by atoms with van der Waals surface area (Å²) in [4.78, 5) is 38.1. The van der Waals surface area contributed by atoms with Gasteiger partial charge in [-0.25, -0.2) is 0 Å². The average molecular weight is 441 g/mol. The van der Waals surface area contributed by atoms with E-state index in [-0.39, 0.29) is 28.4 Å². The van der Waals surface area contributed by atoms with Gasteiger partial charge >= 0.3 is 5.97 Å². The molecule has 4 aliphatic carbocycles. The Bertz CT molecular complexity index is 882. The molecule has 0 amide bonds. The number of unbranched alkanes of at least 4 members (excludes halogenated alkanes) is 2. The summed E-state index contributed by atoms with van der Waals surface area (Å²) < 4.78 is 6.17. The molecule has 0 aromatic heterocycles. The van der Waals surface area contributed by atoms with Crippen molar-refractivity contribution in [1.82, 2.24) is 0 Å². The number of allylic oxidation sites excluding steroid dienone is 4. The van der Waals surface area contributed by atoms with Crippen molar-refractivity contribution in [3.8, 4) is 0 Å². The third kappa shape index (κ3) is 3.35. The quantitative estimate of drug-likeness (QED) is 0.368. The smallest absolute Gasteiger partial charge is 0.306 e. The molecular formula is C28H40O4. The normalized spacial score (nSPS) is 40.5. The van der Waals surface area contributed by atoms with Crippen LogP contribution in [0.3, 0.4) is 0 Å². The Morgan fingerprint density at radius 2 is 1.81 bits per heavy atom. The number of Topliss-reactive ketones (excluding diaryl/α,β-unsaturated/α-hetero) is 1. The molecule has 176 valence electrons. The van der Waals surface area contributed by atoms with Crippen LogP contribution in [-0.2, 0) is 19.1 Å². The van der Waals surface area contributed by atoms with E-state index in [4.69, 9.17) is 4.74 Å². The number of hydrogen-bond acceptors (Lipinski definition) is 4. The lowest BCUT2D eigenvalue weighted by Gasteiger charge is -2.58. The summed E-state index contributed by atoms with van der Waals surface area (Å²) in [6, 6.07) is 0. The molecule has 6 atom stereocenters. The van der Waals surface area contributed by atoms with E-state index in [1.165, 1.54) is 11.1 Å². The van der Waals surface area contributed by atoms with Gasteiger partial charge in [0, 0.05) is 18.3 Å². The van der Waals surface area contributed by atoms with Crippen molar-refractivity contribution >= 4 is 17.5 Å². The van der Waals surface area contributed by atoms with Crippen LogP contribution in [0.1, 0.15) is 98.8 Å². The molecule has 32 heavy (non-hydrogen) atoms. The van der Waals surface area contributed by atoms with E-state index in [1.54, 1.807) is 6.92 Å². The Balaban J connectivity index is 1.67. The molecule has 0 radical (unpaired) electrons. The topological polar surface area (TPSA) is 60.4 Å². The summed E-state index contributed by atoms with van der Waals surface area (Å²) in [7, 11) is 0. The molecule has 0 bridgehead atoms. The van der Waals surface area contributed by atoms with E-state index >= 15 is 0 Å². The molecule has 0 heterocycles. The van der Waals surface area contributed by atoms with Crippen molar-refractivity contribution in [2.75, 3.05) is 0 Å². The first kappa shape index (κ1) is 23.4. The van der Waals surface area contributed by atoms with E-state index in [0.717, 1.165) is 44.9 Å². The van der Waals surface area contributed by atoms with E-state index in [1.807, 2.05) is 6.08 Å². The molecule has 0 aromatic carbocycles. The van der Waals surface area contributed by atoms with Gasteiger partial charge in [-0.05, 0) is 87.2 Å². The number of esters is 1. The third-order valence-electron chi connectivity index (χ3n) is 9.79. The van der Waals surface area contributed by atoms with Crippen LogP contribution >= 0.6 is 0 Å². The maximum atomic E-state index is 13.1. The summed E-state index contributed by atoms with van der Waals surface area (Å²) in [5, 5.41) is 0. The minimum atomic E-state index is -0.993. The summed E-state index contributed by atoms with van der Waals surface area (Å²) >= 11 is 0. The first-order chi connectivity index (χ1) is 15.1. The minimum Gasteiger partial charge on any atom is -0.450 e. The molecule has 0 saturated heterocycles. The van der Waals surface area contributed by atoms with Crippen molar-refractivity contribution in [1.29, 1.82) is 0 Å². The highest BCUT2D eigenvalue weighted by Gasteiger charge is 2.67. The number of rotatable bonds is 6. The Kier molecular flexibility index (Phi) is 6.05. The molecule has 4 aliphatic rings. The summed E-state index contributed by atoms with van der Waals surface area (Å²) in [5.41, 5.74) is 1.16. The number of fused-ring (bicyclic) bond motifs is 5. The molecule has 0 unspecified atom stereocenters. The highest BCUT2D eigenvalue weighted by Crippen LogP contribution is 2.67. The average Bonchev–Trinajstić information content (AvgIpc) is 3.03. The molecule has 0 N–H and O–H groups in total. The lowest BCUT2D eigenvalue weighted by atomic mass is 9.47. The maximum Gasteiger partial charge on any atom is 0.306 e. The third-order valence-corrected chi connectivity index (χ3v) is 9.79. The van der Waals surface area contributed by atoms with Crippen LogP contribution < -0.4 is 0 Å². The van der Waals surface area contributed by atoms with Crippen molar-refractivity contribution < 1.29 is 19.1 Å². The predicted octanol–water partition coefficient (Wildman–Crippen LogP) is 6.14. The zero-order chi connectivity index (χ0) is 23.3. The van der Waals surface area contributed by atoms with Gasteiger partial charge in [-0.2, -0.15) is 0 Å². The highest BCUT2D eigenvalue weighted by atomic mass is 16.6. The molecule has 0 aromatic rings. The lowest BCUT2D eigenvalue weighted by Crippen LogP contribution is -2.58. The fourth-order valence-corrected chi connectivity index (χ4v) is 8.00. The Hall–Kier alpha value is -1.71. The van der Waals surface area contributed by atoms with Crippen LogP contribution in [0.25, 0.3) is 0 Å². The van der Waals surface area contributed by atoms with Gasteiger partial charge in [0.05, 0.1) is 0 Å². The molecule has 2 saturated carbocycles. The van der Waals surface area contributed by atoms with Gasteiger partial charge in [-0.1, -0.05) is 45.3 Å². The largest absolute Gasteiger partial charge is 0.450 e. The molecule has 0 spiro atoms. The molecule has 2 fully saturated rings. The van der Waals surface area contributed by atoms with Gasteiger partial charge < -0.3 is 4.74 Å². The SMILES string of the molecule is CCCCCC(=O)O[C@]1(C(C)=O)CC[C@H]2[C@H]3C=C(C)C4=CC(=O)CC[C@]4(C)[C@@H]3CC[C@@]21C.